The number of amides is 1. The smallest absolute Gasteiger partial charge is 0.277 e. The van der Waals surface area contributed by atoms with Crippen molar-refractivity contribution in [3.8, 4) is 0 Å². The van der Waals surface area contributed by atoms with Crippen LogP contribution in [0.15, 0.2) is 54.6 Å². The predicted molar refractivity (Wildman–Crippen MR) is 112 cm³/mol. The maximum atomic E-state index is 13.3. The summed E-state index contributed by atoms with van der Waals surface area (Å²) in [6, 6.07) is 18.1. The second-order valence-corrected chi connectivity index (χ2v) is 7.22. The highest BCUT2D eigenvalue weighted by Gasteiger charge is 2.32. The van der Waals surface area contributed by atoms with E-state index in [4.69, 9.17) is 0 Å². The fourth-order valence-corrected chi connectivity index (χ4v) is 3.71. The van der Waals surface area contributed by atoms with Crippen molar-refractivity contribution in [2.75, 3.05) is 10.2 Å². The molecule has 5 nitrogen and oxygen atoms in total. The van der Waals surface area contributed by atoms with Crippen LogP contribution in [0.25, 0.3) is 0 Å². The maximum Gasteiger partial charge on any atom is 0.277 e. The van der Waals surface area contributed by atoms with Crippen molar-refractivity contribution in [2.45, 2.75) is 39.7 Å². The first-order chi connectivity index (χ1) is 13.5. The molecule has 1 aromatic heterocycles. The molecule has 28 heavy (non-hydrogen) atoms. The van der Waals surface area contributed by atoms with E-state index in [0.29, 0.717) is 17.3 Å². The van der Waals surface area contributed by atoms with Crippen LogP contribution >= 0.6 is 0 Å². The van der Waals surface area contributed by atoms with E-state index in [0.717, 1.165) is 24.2 Å². The van der Waals surface area contributed by atoms with Gasteiger partial charge in [-0.3, -0.25) is 4.79 Å². The molecule has 142 valence electrons. The van der Waals surface area contributed by atoms with E-state index in [1.165, 1.54) is 11.1 Å². The Morgan fingerprint density at radius 1 is 1.14 bits per heavy atom. The standard InChI is InChI=1S/C23H24N4O/c1-4-17-9-11-19(12-10-17)26-22-14-20(24-16(3)25-22)23(28)27-15(2)13-18-7-5-6-8-21(18)27/h5-12,14-15H,4,13H2,1-3H3,(H,24,25,26). The molecule has 0 saturated heterocycles. The molecule has 1 N–H and O–H groups in total. The van der Waals surface area contributed by atoms with Crippen LogP contribution in [0.5, 0.6) is 0 Å². The van der Waals surface area contributed by atoms with Gasteiger partial charge in [-0.2, -0.15) is 0 Å². The highest BCUT2D eigenvalue weighted by molar-refractivity contribution is 6.07. The lowest BCUT2D eigenvalue weighted by Gasteiger charge is -2.22. The van der Waals surface area contributed by atoms with E-state index in [-0.39, 0.29) is 11.9 Å². The number of fused-ring (bicyclic) bond motifs is 1. The molecule has 0 aliphatic carbocycles. The van der Waals surface area contributed by atoms with Gasteiger partial charge >= 0.3 is 0 Å². The number of carbonyl (C=O) groups excluding carboxylic acids is 1. The van der Waals surface area contributed by atoms with Crippen molar-refractivity contribution in [3.63, 3.8) is 0 Å². The summed E-state index contributed by atoms with van der Waals surface area (Å²) in [7, 11) is 0. The Morgan fingerprint density at radius 3 is 2.64 bits per heavy atom. The topological polar surface area (TPSA) is 58.1 Å². The molecule has 3 aromatic rings. The van der Waals surface area contributed by atoms with Crippen LogP contribution in [0.4, 0.5) is 17.2 Å². The van der Waals surface area contributed by atoms with Crippen LogP contribution < -0.4 is 10.2 Å². The summed E-state index contributed by atoms with van der Waals surface area (Å²) in [6.07, 6.45) is 1.86. The van der Waals surface area contributed by atoms with Gasteiger partial charge < -0.3 is 10.2 Å². The average Bonchev–Trinajstić information content (AvgIpc) is 3.03. The fourth-order valence-electron chi connectivity index (χ4n) is 3.71. The highest BCUT2D eigenvalue weighted by atomic mass is 16.2. The molecular formula is C23H24N4O. The van der Waals surface area contributed by atoms with Crippen LogP contribution in [0.2, 0.25) is 0 Å². The Morgan fingerprint density at radius 2 is 1.89 bits per heavy atom. The van der Waals surface area contributed by atoms with Gasteiger partial charge in [0.25, 0.3) is 5.91 Å². The van der Waals surface area contributed by atoms with Gasteiger partial charge in [-0.1, -0.05) is 37.3 Å². The first-order valence-electron chi connectivity index (χ1n) is 9.68. The zero-order valence-corrected chi connectivity index (χ0v) is 16.4. The zero-order chi connectivity index (χ0) is 19.7. The molecule has 1 aliphatic heterocycles. The van der Waals surface area contributed by atoms with Gasteiger partial charge in [0.1, 0.15) is 17.3 Å². The Bertz CT molecular complexity index is 1010. The van der Waals surface area contributed by atoms with Gasteiger partial charge in [0, 0.05) is 23.5 Å². The second-order valence-electron chi connectivity index (χ2n) is 7.22. The number of anilines is 3. The summed E-state index contributed by atoms with van der Waals surface area (Å²) in [5.74, 6) is 1.10. The van der Waals surface area contributed by atoms with E-state index in [1.54, 1.807) is 6.07 Å². The zero-order valence-electron chi connectivity index (χ0n) is 16.4. The summed E-state index contributed by atoms with van der Waals surface area (Å²) >= 11 is 0. The summed E-state index contributed by atoms with van der Waals surface area (Å²) in [5, 5.41) is 3.29. The van der Waals surface area contributed by atoms with Crippen molar-refractivity contribution in [2.24, 2.45) is 0 Å². The number of benzene rings is 2. The van der Waals surface area contributed by atoms with E-state index >= 15 is 0 Å². The molecule has 0 bridgehead atoms. The number of aromatic nitrogens is 2. The number of nitrogens with zero attached hydrogens (tertiary/aromatic N) is 3. The Hall–Kier alpha value is -3.21. The van der Waals surface area contributed by atoms with Gasteiger partial charge in [-0.05, 0) is 56.0 Å². The molecule has 1 unspecified atom stereocenters. The Labute approximate surface area is 165 Å². The van der Waals surface area contributed by atoms with Crippen LogP contribution in [0, 0.1) is 6.92 Å². The third-order valence-corrected chi connectivity index (χ3v) is 5.12. The van der Waals surface area contributed by atoms with Gasteiger partial charge in [-0.15, -0.1) is 0 Å². The van der Waals surface area contributed by atoms with E-state index in [2.05, 4.69) is 47.3 Å². The molecule has 0 spiro atoms. The van der Waals surface area contributed by atoms with Gasteiger partial charge in [-0.25, -0.2) is 9.97 Å². The average molecular weight is 372 g/mol. The van der Waals surface area contributed by atoms with Crippen molar-refractivity contribution >= 4 is 23.1 Å². The quantitative estimate of drug-likeness (QED) is 0.722. The number of carbonyl (C=O) groups is 1. The molecule has 1 atom stereocenters. The molecule has 0 radical (unpaired) electrons. The van der Waals surface area contributed by atoms with Crippen LogP contribution in [0.3, 0.4) is 0 Å². The van der Waals surface area contributed by atoms with E-state index in [1.807, 2.05) is 42.2 Å². The number of hydrogen-bond donors (Lipinski definition) is 1. The van der Waals surface area contributed by atoms with E-state index in [9.17, 15) is 4.79 Å². The lowest BCUT2D eigenvalue weighted by atomic mass is 10.1. The van der Waals surface area contributed by atoms with E-state index < -0.39 is 0 Å². The van der Waals surface area contributed by atoms with Crippen molar-refractivity contribution in [1.82, 2.24) is 9.97 Å². The number of aryl methyl sites for hydroxylation is 2. The molecule has 1 amide bonds. The van der Waals surface area contributed by atoms with Gasteiger partial charge in [0.15, 0.2) is 0 Å². The molecule has 1 aliphatic rings. The minimum atomic E-state index is -0.0904. The van der Waals surface area contributed by atoms with Crippen molar-refractivity contribution in [3.05, 3.63) is 77.2 Å². The fraction of sp³-hybridized carbons (Fsp3) is 0.261. The molecule has 0 fully saturated rings. The highest BCUT2D eigenvalue weighted by Crippen LogP contribution is 2.33. The first kappa shape index (κ1) is 18.2. The normalized spacial score (nSPS) is 15.4. The molecular weight excluding hydrogens is 348 g/mol. The number of para-hydroxylation sites is 1. The van der Waals surface area contributed by atoms with Crippen LogP contribution in [-0.2, 0) is 12.8 Å². The molecule has 0 saturated carbocycles. The Balaban J connectivity index is 1.62. The maximum absolute atomic E-state index is 13.3. The van der Waals surface area contributed by atoms with Crippen LogP contribution in [0.1, 0.15) is 41.3 Å². The van der Waals surface area contributed by atoms with Gasteiger partial charge in [0.2, 0.25) is 0 Å². The molecule has 5 heteroatoms. The minimum Gasteiger partial charge on any atom is -0.340 e. The monoisotopic (exact) mass is 372 g/mol. The summed E-state index contributed by atoms with van der Waals surface area (Å²) < 4.78 is 0. The second kappa shape index (κ2) is 7.43. The molecule has 2 aromatic carbocycles. The third-order valence-electron chi connectivity index (χ3n) is 5.12. The predicted octanol–water partition coefficient (Wildman–Crippen LogP) is 4.68. The summed E-state index contributed by atoms with van der Waals surface area (Å²) in [6.45, 7) is 6.01. The number of hydrogen-bond acceptors (Lipinski definition) is 4. The Kier molecular flexibility index (Phi) is 4.82. The SMILES string of the molecule is CCc1ccc(Nc2cc(C(=O)N3c4ccccc4CC3C)nc(C)n2)cc1. The lowest BCUT2D eigenvalue weighted by Crippen LogP contribution is -2.36. The van der Waals surface area contributed by atoms with Crippen molar-refractivity contribution < 1.29 is 4.79 Å². The third kappa shape index (κ3) is 3.48. The number of rotatable bonds is 4. The van der Waals surface area contributed by atoms with Gasteiger partial charge in [0.05, 0.1) is 0 Å². The summed E-state index contributed by atoms with van der Waals surface area (Å²) in [5.41, 5.74) is 4.80. The summed E-state index contributed by atoms with van der Waals surface area (Å²) in [4.78, 5) is 24.0. The van der Waals surface area contributed by atoms with Crippen LogP contribution in [-0.4, -0.2) is 21.9 Å². The lowest BCUT2D eigenvalue weighted by molar-refractivity contribution is 0.0976. The molecule has 4 rings (SSSR count). The minimum absolute atomic E-state index is 0.0904. The largest absolute Gasteiger partial charge is 0.340 e. The van der Waals surface area contributed by atoms with Crippen molar-refractivity contribution in [1.29, 1.82) is 0 Å². The first-order valence-corrected chi connectivity index (χ1v) is 9.68. The molecule has 2 heterocycles. The number of nitrogens with one attached hydrogen (secondary N) is 1.